The van der Waals surface area contributed by atoms with Gasteiger partial charge in [0.15, 0.2) is 0 Å². The van der Waals surface area contributed by atoms with Crippen molar-refractivity contribution >= 4 is 13.2 Å². The van der Waals surface area contributed by atoms with Gasteiger partial charge in [-0.25, -0.2) is 0 Å². The molecule has 106 valence electrons. The first-order valence-electron chi connectivity index (χ1n) is 6.63. The molecule has 0 aliphatic carbocycles. The quantitative estimate of drug-likeness (QED) is 0.682. The summed E-state index contributed by atoms with van der Waals surface area (Å²) in [5, 5.41) is 0. The van der Waals surface area contributed by atoms with Gasteiger partial charge < -0.3 is 4.52 Å². The molecular weight excluding hydrogens is 259 g/mol. The van der Waals surface area contributed by atoms with Gasteiger partial charge in [0.2, 0.25) is 7.37 Å². The second kappa shape index (κ2) is 7.62. The topological polar surface area (TPSA) is 43.4 Å². The Morgan fingerprint density at radius 3 is 2.53 bits per heavy atom. The Labute approximate surface area is 115 Å². The summed E-state index contributed by atoms with van der Waals surface area (Å²) >= 11 is 0. The number of hydrogen-bond donors (Lipinski definition) is 0. The number of carbonyl (C=O) groups is 1. The molecular formula is C15H23O3P. The lowest BCUT2D eigenvalue weighted by molar-refractivity contribution is -0.120. The Bertz CT molecular complexity index is 442. The Kier molecular flexibility index (Phi) is 6.47. The zero-order valence-electron chi connectivity index (χ0n) is 12.0. The summed E-state index contributed by atoms with van der Waals surface area (Å²) in [5.41, 5.74) is 1.29. The van der Waals surface area contributed by atoms with Crippen LogP contribution in [0, 0.1) is 5.92 Å². The van der Waals surface area contributed by atoms with Crippen LogP contribution in [0.4, 0.5) is 0 Å². The van der Waals surface area contributed by atoms with Crippen molar-refractivity contribution in [1.29, 1.82) is 0 Å². The molecule has 0 bridgehead atoms. The monoisotopic (exact) mass is 282 g/mol. The first-order valence-corrected chi connectivity index (χ1v) is 8.89. The first kappa shape index (κ1) is 16.1. The van der Waals surface area contributed by atoms with E-state index < -0.39 is 7.37 Å². The minimum absolute atomic E-state index is 0.0424. The predicted molar refractivity (Wildman–Crippen MR) is 79.0 cm³/mol. The maximum atomic E-state index is 11.9. The minimum atomic E-state index is -2.72. The van der Waals surface area contributed by atoms with E-state index in [2.05, 4.69) is 12.1 Å². The maximum Gasteiger partial charge on any atom is 0.207 e. The van der Waals surface area contributed by atoms with Crippen LogP contribution in [0.5, 0.6) is 0 Å². The van der Waals surface area contributed by atoms with Gasteiger partial charge in [-0.15, -0.1) is 0 Å². The van der Waals surface area contributed by atoms with E-state index in [1.54, 1.807) is 0 Å². The number of Topliss-reactive ketones (excluding diaryl/α,β-unsaturated/α-hetero) is 1. The van der Waals surface area contributed by atoms with Gasteiger partial charge in [0.1, 0.15) is 5.78 Å². The van der Waals surface area contributed by atoms with Crippen LogP contribution in [0.2, 0.25) is 0 Å². The fourth-order valence-electron chi connectivity index (χ4n) is 1.92. The molecule has 0 aliphatic rings. The van der Waals surface area contributed by atoms with E-state index in [1.807, 2.05) is 25.1 Å². The molecule has 1 aromatic carbocycles. The van der Waals surface area contributed by atoms with Gasteiger partial charge in [0, 0.05) is 19.7 Å². The molecule has 2 atom stereocenters. The minimum Gasteiger partial charge on any atom is -0.332 e. The lowest BCUT2D eigenvalue weighted by atomic mass is 9.98. The molecule has 4 heteroatoms. The van der Waals surface area contributed by atoms with E-state index in [9.17, 15) is 9.36 Å². The molecule has 0 amide bonds. The largest absolute Gasteiger partial charge is 0.332 e. The van der Waals surface area contributed by atoms with Gasteiger partial charge in [-0.05, 0) is 24.8 Å². The molecule has 19 heavy (non-hydrogen) atoms. The number of rotatable bonds is 8. The average molecular weight is 282 g/mol. The van der Waals surface area contributed by atoms with Crippen LogP contribution in [0.1, 0.15) is 25.3 Å². The number of benzene rings is 1. The molecule has 0 saturated heterocycles. The van der Waals surface area contributed by atoms with Crippen molar-refractivity contribution in [2.45, 2.75) is 26.2 Å². The van der Waals surface area contributed by atoms with Gasteiger partial charge in [0.05, 0.1) is 6.16 Å². The molecule has 0 radical (unpaired) electrons. The van der Waals surface area contributed by atoms with E-state index >= 15 is 0 Å². The third-order valence-electron chi connectivity index (χ3n) is 3.32. The zero-order valence-corrected chi connectivity index (χ0v) is 12.9. The highest BCUT2D eigenvalue weighted by atomic mass is 31.2. The number of carbonyl (C=O) groups excluding carboxylic acids is 1. The standard InChI is InChI=1S/C15H23O3P/c1-13(15(16)12-19(3,17)18-2)8-7-11-14-9-5-4-6-10-14/h4-6,9-10,13H,7-8,11-12H2,1-3H3. The number of hydrogen-bond acceptors (Lipinski definition) is 3. The second-order valence-corrected chi connectivity index (χ2v) is 7.81. The van der Waals surface area contributed by atoms with Gasteiger partial charge in [0.25, 0.3) is 0 Å². The Balaban J connectivity index is 2.33. The van der Waals surface area contributed by atoms with Crippen molar-refractivity contribution in [1.82, 2.24) is 0 Å². The summed E-state index contributed by atoms with van der Waals surface area (Å²) in [4.78, 5) is 11.9. The Hall–Kier alpha value is -0.920. The lowest BCUT2D eigenvalue weighted by Gasteiger charge is -2.14. The fraction of sp³-hybridized carbons (Fsp3) is 0.533. The van der Waals surface area contributed by atoms with Crippen molar-refractivity contribution in [3.8, 4) is 0 Å². The fourth-order valence-corrected chi connectivity index (χ4v) is 2.93. The summed E-state index contributed by atoms with van der Waals surface area (Å²) < 4.78 is 16.6. The summed E-state index contributed by atoms with van der Waals surface area (Å²) in [7, 11) is -1.33. The molecule has 3 nitrogen and oxygen atoms in total. The molecule has 2 unspecified atom stereocenters. The number of ketones is 1. The normalized spacial score (nSPS) is 15.7. The van der Waals surface area contributed by atoms with Crippen LogP contribution >= 0.6 is 7.37 Å². The van der Waals surface area contributed by atoms with Crippen LogP contribution in [0.25, 0.3) is 0 Å². The van der Waals surface area contributed by atoms with Crippen LogP contribution in [-0.2, 0) is 20.3 Å². The predicted octanol–water partition coefficient (Wildman–Crippen LogP) is 3.77. The molecule has 0 saturated carbocycles. The maximum absolute atomic E-state index is 11.9. The third kappa shape index (κ3) is 6.17. The number of aryl methyl sites for hydroxylation is 1. The van der Waals surface area contributed by atoms with Crippen molar-refractivity contribution in [2.24, 2.45) is 5.92 Å². The van der Waals surface area contributed by atoms with E-state index in [0.29, 0.717) is 0 Å². The molecule has 1 rings (SSSR count). The summed E-state index contributed by atoms with van der Waals surface area (Å²) in [6, 6.07) is 10.2. The van der Waals surface area contributed by atoms with E-state index in [0.717, 1.165) is 19.3 Å². The summed E-state index contributed by atoms with van der Waals surface area (Å²) in [6.45, 7) is 3.42. The van der Waals surface area contributed by atoms with E-state index in [1.165, 1.54) is 19.3 Å². The lowest BCUT2D eigenvalue weighted by Crippen LogP contribution is -2.16. The average Bonchev–Trinajstić information content (AvgIpc) is 2.39. The summed E-state index contributed by atoms with van der Waals surface area (Å²) in [6.07, 6.45) is 2.83. The van der Waals surface area contributed by atoms with E-state index in [4.69, 9.17) is 4.52 Å². The highest BCUT2D eigenvalue weighted by Gasteiger charge is 2.22. The van der Waals surface area contributed by atoms with Crippen molar-refractivity contribution in [3.63, 3.8) is 0 Å². The second-order valence-electron chi connectivity index (χ2n) is 5.10. The van der Waals surface area contributed by atoms with Crippen molar-refractivity contribution < 1.29 is 13.9 Å². The Morgan fingerprint density at radius 1 is 1.32 bits per heavy atom. The van der Waals surface area contributed by atoms with Crippen LogP contribution in [0.3, 0.4) is 0 Å². The molecule has 0 heterocycles. The molecule has 0 aliphatic heterocycles. The van der Waals surface area contributed by atoms with Crippen molar-refractivity contribution in [3.05, 3.63) is 35.9 Å². The highest BCUT2D eigenvalue weighted by molar-refractivity contribution is 7.59. The zero-order chi connectivity index (χ0) is 14.3. The van der Waals surface area contributed by atoms with Gasteiger partial charge >= 0.3 is 0 Å². The van der Waals surface area contributed by atoms with Crippen molar-refractivity contribution in [2.75, 3.05) is 19.9 Å². The third-order valence-corrected chi connectivity index (χ3v) is 4.98. The highest BCUT2D eigenvalue weighted by Crippen LogP contribution is 2.41. The Morgan fingerprint density at radius 2 is 1.95 bits per heavy atom. The SMILES string of the molecule is COP(C)(=O)CC(=O)C(C)CCCc1ccccc1. The van der Waals surface area contributed by atoms with Crippen LogP contribution < -0.4 is 0 Å². The first-order chi connectivity index (χ1) is 8.94. The van der Waals surface area contributed by atoms with Crippen LogP contribution in [0.15, 0.2) is 30.3 Å². The van der Waals surface area contributed by atoms with E-state index in [-0.39, 0.29) is 17.9 Å². The molecule has 0 aromatic heterocycles. The van der Waals surface area contributed by atoms with Crippen LogP contribution in [-0.4, -0.2) is 25.7 Å². The molecule has 1 aromatic rings. The molecule has 0 N–H and O–H groups in total. The van der Waals surface area contributed by atoms with Gasteiger partial charge in [-0.2, -0.15) is 0 Å². The van der Waals surface area contributed by atoms with Gasteiger partial charge in [-0.1, -0.05) is 37.3 Å². The molecule has 0 spiro atoms. The van der Waals surface area contributed by atoms with Gasteiger partial charge in [-0.3, -0.25) is 9.36 Å². The smallest absolute Gasteiger partial charge is 0.207 e. The molecule has 0 fully saturated rings. The summed E-state index contributed by atoms with van der Waals surface area (Å²) in [5.74, 6) is -0.00659.